The van der Waals surface area contributed by atoms with Crippen LogP contribution in [0, 0.1) is 5.41 Å². The maximum Gasteiger partial charge on any atom is 0.257 e. The van der Waals surface area contributed by atoms with Crippen molar-refractivity contribution in [3.63, 3.8) is 0 Å². The number of anilines is 1. The minimum atomic E-state index is -3.58. The number of amides is 1. The van der Waals surface area contributed by atoms with Gasteiger partial charge in [0.05, 0.1) is 10.6 Å². The summed E-state index contributed by atoms with van der Waals surface area (Å²) < 4.78 is 31.3. The quantitative estimate of drug-likeness (QED) is 0.406. The smallest absolute Gasteiger partial charge is 0.257 e. The zero-order chi connectivity index (χ0) is 23.7. The highest BCUT2D eigenvalue weighted by atomic mass is 32.2. The van der Waals surface area contributed by atoms with Crippen LogP contribution in [-0.2, 0) is 14.8 Å². The van der Waals surface area contributed by atoms with Crippen molar-refractivity contribution in [1.29, 1.82) is 0 Å². The number of nitrogens with one attached hydrogen (secondary N) is 1. The number of rotatable bonds is 7. The van der Waals surface area contributed by atoms with E-state index in [1.165, 1.54) is 26.2 Å². The van der Waals surface area contributed by atoms with Gasteiger partial charge in [0.15, 0.2) is 11.4 Å². The fraction of sp³-hybridized carbons (Fsp3) is 0.318. The lowest BCUT2D eigenvalue weighted by Crippen LogP contribution is -2.27. The summed E-state index contributed by atoms with van der Waals surface area (Å²) in [5.41, 5.74) is 1.46. The fourth-order valence-corrected chi connectivity index (χ4v) is 4.24. The minimum Gasteiger partial charge on any atom is -0.431 e. The highest BCUT2D eigenvalue weighted by Gasteiger charge is 2.21. The monoisotopic (exact) mass is 475 g/mol. The Morgan fingerprint density at radius 2 is 1.75 bits per heavy atom. The topological polar surface area (TPSA) is 110 Å². The van der Waals surface area contributed by atoms with Crippen molar-refractivity contribution < 1.29 is 22.4 Å². The summed E-state index contributed by atoms with van der Waals surface area (Å²) in [5, 5.41) is 3.10. The van der Waals surface area contributed by atoms with Gasteiger partial charge in [-0.3, -0.25) is 9.59 Å². The Morgan fingerprint density at radius 1 is 1.09 bits per heavy atom. The number of sulfonamides is 1. The van der Waals surface area contributed by atoms with Gasteiger partial charge in [0.2, 0.25) is 15.9 Å². The molecule has 32 heavy (non-hydrogen) atoms. The van der Waals surface area contributed by atoms with E-state index < -0.39 is 15.4 Å². The van der Waals surface area contributed by atoms with Crippen molar-refractivity contribution in [2.24, 2.45) is 5.41 Å². The second-order valence-electron chi connectivity index (χ2n) is 8.39. The van der Waals surface area contributed by atoms with Crippen molar-refractivity contribution in [3.05, 3.63) is 48.0 Å². The Morgan fingerprint density at radius 3 is 2.34 bits per heavy atom. The average molecular weight is 476 g/mol. The van der Waals surface area contributed by atoms with Gasteiger partial charge in [0, 0.05) is 30.8 Å². The lowest BCUT2D eigenvalue weighted by atomic mass is 9.95. The summed E-state index contributed by atoms with van der Waals surface area (Å²) in [5.74, 6) is -0.130. The Kier molecular flexibility index (Phi) is 6.77. The zero-order valence-electron chi connectivity index (χ0n) is 18.5. The number of Topliss-reactive ketones (excluding diaryl/α,β-unsaturated/α-hetero) is 1. The lowest BCUT2D eigenvalue weighted by Gasteiger charge is -2.17. The van der Waals surface area contributed by atoms with Crippen molar-refractivity contribution in [3.8, 4) is 0 Å². The van der Waals surface area contributed by atoms with Crippen LogP contribution in [0.4, 0.5) is 5.69 Å². The van der Waals surface area contributed by atoms with E-state index in [0.29, 0.717) is 22.4 Å². The van der Waals surface area contributed by atoms with Crippen LogP contribution < -0.4 is 5.32 Å². The normalized spacial score (nSPS) is 12.3. The number of carbonyl (C=O) groups is 2. The third-order valence-electron chi connectivity index (χ3n) is 4.59. The summed E-state index contributed by atoms with van der Waals surface area (Å²) in [6.45, 7) is 5.47. The SMILES string of the molecule is CN(C)S(=O)(=O)c1ccc2oc(SCC(=O)c3ccc(NC(=O)C(C)(C)C)cc3)nc2c1. The predicted molar refractivity (Wildman–Crippen MR) is 124 cm³/mol. The van der Waals surface area contributed by atoms with Gasteiger partial charge in [-0.1, -0.05) is 32.5 Å². The van der Waals surface area contributed by atoms with Gasteiger partial charge >= 0.3 is 0 Å². The summed E-state index contributed by atoms with van der Waals surface area (Å²) >= 11 is 1.13. The first-order valence-corrected chi connectivity index (χ1v) is 12.2. The van der Waals surface area contributed by atoms with Crippen LogP contribution in [0.1, 0.15) is 31.1 Å². The summed E-state index contributed by atoms with van der Waals surface area (Å²) in [4.78, 5) is 29.0. The van der Waals surface area contributed by atoms with Gasteiger partial charge in [0.1, 0.15) is 5.52 Å². The number of fused-ring (bicyclic) bond motifs is 1. The largest absolute Gasteiger partial charge is 0.431 e. The predicted octanol–water partition coefficient (Wildman–Crippen LogP) is 4.04. The minimum absolute atomic E-state index is 0.101. The lowest BCUT2D eigenvalue weighted by molar-refractivity contribution is -0.123. The van der Waals surface area contributed by atoms with Crippen LogP contribution in [0.3, 0.4) is 0 Å². The molecule has 2 aromatic carbocycles. The van der Waals surface area contributed by atoms with Crippen LogP contribution in [0.25, 0.3) is 11.1 Å². The molecule has 0 aliphatic heterocycles. The van der Waals surface area contributed by atoms with Crippen LogP contribution in [-0.4, -0.2) is 49.2 Å². The van der Waals surface area contributed by atoms with Crippen LogP contribution in [0.5, 0.6) is 0 Å². The van der Waals surface area contributed by atoms with Crippen molar-refractivity contribution in [2.75, 3.05) is 25.2 Å². The van der Waals surface area contributed by atoms with Crippen LogP contribution in [0.15, 0.2) is 57.0 Å². The summed E-state index contributed by atoms with van der Waals surface area (Å²) in [7, 11) is -0.659. The molecular formula is C22H25N3O5S2. The van der Waals surface area contributed by atoms with E-state index in [-0.39, 0.29) is 27.6 Å². The standard InChI is InChI=1S/C22H25N3O5S2/c1-22(2,3)20(27)23-15-8-6-14(7-9-15)18(26)13-31-21-24-17-12-16(10-11-19(17)30-21)32(28,29)25(4)5/h6-12H,13H2,1-5H3,(H,23,27). The molecule has 8 nitrogen and oxygen atoms in total. The number of ketones is 1. The number of oxazole rings is 1. The van der Waals surface area contributed by atoms with Gasteiger partial charge < -0.3 is 9.73 Å². The van der Waals surface area contributed by atoms with E-state index in [9.17, 15) is 18.0 Å². The van der Waals surface area contributed by atoms with Gasteiger partial charge in [-0.05, 0) is 42.5 Å². The maximum absolute atomic E-state index is 12.5. The highest BCUT2D eigenvalue weighted by molar-refractivity contribution is 7.99. The van der Waals surface area contributed by atoms with E-state index in [1.807, 2.05) is 20.8 Å². The number of aromatic nitrogens is 1. The van der Waals surface area contributed by atoms with Crippen LogP contribution >= 0.6 is 11.8 Å². The van der Waals surface area contributed by atoms with Gasteiger partial charge in [-0.15, -0.1) is 0 Å². The van der Waals surface area contributed by atoms with E-state index in [0.717, 1.165) is 16.1 Å². The molecule has 3 aromatic rings. The molecule has 0 atom stereocenters. The molecule has 0 unspecified atom stereocenters. The number of thioether (sulfide) groups is 1. The van der Waals surface area contributed by atoms with Crippen molar-refractivity contribution >= 4 is 50.3 Å². The Balaban J connectivity index is 1.66. The van der Waals surface area contributed by atoms with E-state index >= 15 is 0 Å². The van der Waals surface area contributed by atoms with E-state index in [1.54, 1.807) is 30.3 Å². The molecule has 1 heterocycles. The fourth-order valence-electron chi connectivity index (χ4n) is 2.59. The first-order valence-electron chi connectivity index (χ1n) is 9.78. The molecule has 1 amide bonds. The second-order valence-corrected chi connectivity index (χ2v) is 11.5. The molecule has 0 saturated heterocycles. The molecule has 1 N–H and O–H groups in total. The highest BCUT2D eigenvalue weighted by Crippen LogP contribution is 2.27. The first-order chi connectivity index (χ1) is 14.9. The Hall–Kier alpha value is -2.69. The van der Waals surface area contributed by atoms with Crippen molar-refractivity contribution in [2.45, 2.75) is 30.9 Å². The molecule has 0 aliphatic carbocycles. The zero-order valence-corrected chi connectivity index (χ0v) is 20.1. The number of hydrogen-bond donors (Lipinski definition) is 1. The van der Waals surface area contributed by atoms with Gasteiger partial charge in [-0.25, -0.2) is 17.7 Å². The molecule has 0 aliphatic rings. The third-order valence-corrected chi connectivity index (χ3v) is 7.23. The van der Waals surface area contributed by atoms with E-state index in [2.05, 4.69) is 10.3 Å². The van der Waals surface area contributed by atoms with Crippen molar-refractivity contribution in [1.82, 2.24) is 9.29 Å². The number of carbonyl (C=O) groups excluding carboxylic acids is 2. The number of nitrogens with zero attached hydrogens (tertiary/aromatic N) is 2. The molecule has 1 aromatic heterocycles. The second kappa shape index (κ2) is 9.05. The molecule has 3 rings (SSSR count). The van der Waals surface area contributed by atoms with Crippen LogP contribution in [0.2, 0.25) is 0 Å². The molecule has 0 fully saturated rings. The first kappa shape index (κ1) is 24.0. The molecule has 0 bridgehead atoms. The molecule has 10 heteroatoms. The van der Waals surface area contributed by atoms with E-state index in [4.69, 9.17) is 4.42 Å². The third kappa shape index (κ3) is 5.37. The van der Waals surface area contributed by atoms with Gasteiger partial charge in [-0.2, -0.15) is 0 Å². The molecule has 0 saturated carbocycles. The Labute approximate surface area is 191 Å². The van der Waals surface area contributed by atoms with Gasteiger partial charge in [0.25, 0.3) is 5.22 Å². The summed E-state index contributed by atoms with van der Waals surface area (Å²) in [6, 6.07) is 11.2. The average Bonchev–Trinajstić information content (AvgIpc) is 3.14. The summed E-state index contributed by atoms with van der Waals surface area (Å²) in [6.07, 6.45) is 0. The molecular weight excluding hydrogens is 450 g/mol. The molecule has 170 valence electrons. The molecule has 0 spiro atoms. The Bertz CT molecular complexity index is 1260. The maximum atomic E-state index is 12.5. The molecule has 0 radical (unpaired) electrons. The number of hydrogen-bond acceptors (Lipinski definition) is 7. The number of benzene rings is 2.